The van der Waals surface area contributed by atoms with Crippen molar-refractivity contribution in [3.05, 3.63) is 22.7 Å². The van der Waals surface area contributed by atoms with Crippen LogP contribution in [0, 0.1) is 0 Å². The Morgan fingerprint density at radius 1 is 1.35 bits per heavy atom. The lowest BCUT2D eigenvalue weighted by atomic mass is 10.1. The maximum atomic E-state index is 5.45. The Hall–Kier alpha value is -0.740. The first kappa shape index (κ1) is 12.7. The van der Waals surface area contributed by atoms with Crippen LogP contribution in [0.4, 0.5) is 5.69 Å². The van der Waals surface area contributed by atoms with Crippen molar-refractivity contribution in [2.24, 2.45) is 0 Å². The summed E-state index contributed by atoms with van der Waals surface area (Å²) in [6.45, 7) is 1.75. The number of halogens is 1. The number of rotatable bonds is 3. The molecule has 1 atom stereocenters. The highest BCUT2D eigenvalue weighted by atomic mass is 79.9. The second-order valence-electron chi connectivity index (χ2n) is 4.23. The molecule has 1 N–H and O–H groups in total. The smallest absolute Gasteiger partial charge is 0.133 e. The van der Waals surface area contributed by atoms with E-state index >= 15 is 0 Å². The highest BCUT2D eigenvalue weighted by Crippen LogP contribution is 2.28. The Labute approximate surface area is 111 Å². The first-order chi connectivity index (χ1) is 8.29. The minimum Gasteiger partial charge on any atom is -0.496 e. The molecule has 3 nitrogen and oxygen atoms in total. The lowest BCUT2D eigenvalue weighted by molar-refractivity contribution is 0.144. The number of ether oxygens (including phenoxy) is 2. The average molecular weight is 300 g/mol. The number of nitrogens with one attached hydrogen (secondary N) is 1. The number of hydrogen-bond donors (Lipinski definition) is 1. The van der Waals surface area contributed by atoms with E-state index in [0.29, 0.717) is 6.04 Å². The summed E-state index contributed by atoms with van der Waals surface area (Å²) in [6.07, 6.45) is 3.38. The topological polar surface area (TPSA) is 30.5 Å². The minimum atomic E-state index is 0.512. The van der Waals surface area contributed by atoms with Gasteiger partial charge in [-0.3, -0.25) is 0 Å². The molecule has 0 bridgehead atoms. The van der Waals surface area contributed by atoms with E-state index in [1.54, 1.807) is 7.11 Å². The number of benzene rings is 1. The Morgan fingerprint density at radius 3 is 3.00 bits per heavy atom. The van der Waals surface area contributed by atoms with Crippen molar-refractivity contribution in [3.8, 4) is 5.75 Å². The predicted octanol–water partition coefficient (Wildman–Crippen LogP) is 3.44. The van der Waals surface area contributed by atoms with Gasteiger partial charge < -0.3 is 14.8 Å². The summed E-state index contributed by atoms with van der Waals surface area (Å²) in [6, 6.07) is 6.59. The van der Waals surface area contributed by atoms with E-state index in [9.17, 15) is 0 Å². The van der Waals surface area contributed by atoms with Crippen molar-refractivity contribution in [3.63, 3.8) is 0 Å². The Kier molecular flexibility index (Phi) is 4.68. The molecule has 0 spiro atoms. The van der Waals surface area contributed by atoms with Crippen LogP contribution in [0.5, 0.6) is 5.75 Å². The van der Waals surface area contributed by atoms with Gasteiger partial charge in [0.1, 0.15) is 5.75 Å². The van der Waals surface area contributed by atoms with Crippen molar-refractivity contribution in [2.45, 2.75) is 25.3 Å². The third-order valence-corrected chi connectivity index (χ3v) is 3.59. The molecule has 1 heterocycles. The first-order valence-electron chi connectivity index (χ1n) is 5.97. The van der Waals surface area contributed by atoms with Gasteiger partial charge in [-0.05, 0) is 53.4 Å². The molecule has 1 aromatic rings. The van der Waals surface area contributed by atoms with Gasteiger partial charge in [0.05, 0.1) is 11.6 Å². The SMILES string of the molecule is COc1ccc(NC2CCCOCC2)cc1Br. The van der Waals surface area contributed by atoms with Gasteiger partial charge >= 0.3 is 0 Å². The van der Waals surface area contributed by atoms with Crippen LogP contribution in [0.15, 0.2) is 22.7 Å². The largest absolute Gasteiger partial charge is 0.496 e. The van der Waals surface area contributed by atoms with Crippen LogP contribution in [0.3, 0.4) is 0 Å². The molecule has 1 aliphatic heterocycles. The van der Waals surface area contributed by atoms with Crippen molar-refractivity contribution in [1.82, 2.24) is 0 Å². The molecule has 0 aliphatic carbocycles. The van der Waals surface area contributed by atoms with Gasteiger partial charge in [0.15, 0.2) is 0 Å². The molecule has 17 heavy (non-hydrogen) atoms. The summed E-state index contributed by atoms with van der Waals surface area (Å²) in [4.78, 5) is 0. The van der Waals surface area contributed by atoms with Crippen LogP contribution in [-0.2, 0) is 4.74 Å². The van der Waals surface area contributed by atoms with Crippen LogP contribution >= 0.6 is 15.9 Å². The van der Waals surface area contributed by atoms with E-state index in [2.05, 4.69) is 33.4 Å². The number of anilines is 1. The molecule has 4 heteroatoms. The summed E-state index contributed by atoms with van der Waals surface area (Å²) in [5.41, 5.74) is 1.13. The zero-order valence-electron chi connectivity index (χ0n) is 10.0. The molecule has 1 fully saturated rings. The second kappa shape index (κ2) is 6.26. The predicted molar refractivity (Wildman–Crippen MR) is 72.8 cm³/mol. The van der Waals surface area contributed by atoms with Gasteiger partial charge in [-0.25, -0.2) is 0 Å². The van der Waals surface area contributed by atoms with E-state index in [-0.39, 0.29) is 0 Å². The van der Waals surface area contributed by atoms with Crippen molar-refractivity contribution < 1.29 is 9.47 Å². The maximum absolute atomic E-state index is 5.45. The maximum Gasteiger partial charge on any atom is 0.133 e. The van der Waals surface area contributed by atoms with Gasteiger partial charge in [0.25, 0.3) is 0 Å². The molecular formula is C13H18BrNO2. The van der Waals surface area contributed by atoms with Crippen molar-refractivity contribution in [2.75, 3.05) is 25.6 Å². The van der Waals surface area contributed by atoms with Crippen LogP contribution in [0.25, 0.3) is 0 Å². The molecule has 0 saturated carbocycles. The van der Waals surface area contributed by atoms with Crippen LogP contribution in [0.2, 0.25) is 0 Å². The molecule has 2 rings (SSSR count). The van der Waals surface area contributed by atoms with Gasteiger partial charge in [0, 0.05) is 24.9 Å². The Morgan fingerprint density at radius 2 is 2.24 bits per heavy atom. The Bertz CT molecular complexity index is 362. The van der Waals surface area contributed by atoms with Gasteiger partial charge in [-0.1, -0.05) is 0 Å². The molecule has 1 aromatic carbocycles. The molecule has 0 amide bonds. The quantitative estimate of drug-likeness (QED) is 0.927. The average Bonchev–Trinajstić information content (AvgIpc) is 2.58. The first-order valence-corrected chi connectivity index (χ1v) is 6.76. The fourth-order valence-corrected chi connectivity index (χ4v) is 2.58. The summed E-state index contributed by atoms with van der Waals surface area (Å²) in [5, 5.41) is 3.55. The highest BCUT2D eigenvalue weighted by Gasteiger charge is 2.12. The summed E-state index contributed by atoms with van der Waals surface area (Å²) in [7, 11) is 1.68. The fraction of sp³-hybridized carbons (Fsp3) is 0.538. The van der Waals surface area contributed by atoms with Crippen LogP contribution < -0.4 is 10.1 Å². The summed E-state index contributed by atoms with van der Waals surface area (Å²) in [5.74, 6) is 0.861. The molecule has 1 unspecified atom stereocenters. The molecule has 1 aliphatic rings. The van der Waals surface area contributed by atoms with Crippen LogP contribution in [-0.4, -0.2) is 26.4 Å². The second-order valence-corrected chi connectivity index (χ2v) is 5.09. The third-order valence-electron chi connectivity index (χ3n) is 2.97. The normalized spacial score (nSPS) is 20.7. The summed E-state index contributed by atoms with van der Waals surface area (Å²) >= 11 is 3.50. The van der Waals surface area contributed by atoms with Crippen molar-refractivity contribution >= 4 is 21.6 Å². The van der Waals surface area contributed by atoms with Crippen LogP contribution in [0.1, 0.15) is 19.3 Å². The molecule has 0 radical (unpaired) electrons. The van der Waals surface area contributed by atoms with Gasteiger partial charge in [-0.2, -0.15) is 0 Å². The molecule has 94 valence electrons. The van der Waals surface area contributed by atoms with E-state index in [4.69, 9.17) is 9.47 Å². The summed E-state index contributed by atoms with van der Waals surface area (Å²) < 4.78 is 11.7. The third kappa shape index (κ3) is 3.61. The standard InChI is InChI=1S/C13H18BrNO2/c1-16-13-5-4-11(9-12(13)14)15-10-3-2-7-17-8-6-10/h4-5,9-10,15H,2-3,6-8H2,1H3. The monoisotopic (exact) mass is 299 g/mol. The fourth-order valence-electron chi connectivity index (χ4n) is 2.04. The lowest BCUT2D eigenvalue weighted by Crippen LogP contribution is -2.19. The van der Waals surface area contributed by atoms with E-state index in [0.717, 1.165) is 42.0 Å². The molecule has 0 aromatic heterocycles. The molecule has 1 saturated heterocycles. The van der Waals surface area contributed by atoms with E-state index in [1.807, 2.05) is 6.07 Å². The number of methoxy groups -OCH3 is 1. The highest BCUT2D eigenvalue weighted by molar-refractivity contribution is 9.10. The van der Waals surface area contributed by atoms with Gasteiger partial charge in [-0.15, -0.1) is 0 Å². The number of hydrogen-bond acceptors (Lipinski definition) is 3. The van der Waals surface area contributed by atoms with E-state index in [1.165, 1.54) is 6.42 Å². The zero-order valence-corrected chi connectivity index (χ0v) is 11.6. The minimum absolute atomic E-state index is 0.512. The lowest BCUT2D eigenvalue weighted by Gasteiger charge is -2.17. The zero-order chi connectivity index (χ0) is 12.1. The van der Waals surface area contributed by atoms with E-state index < -0.39 is 0 Å². The Balaban J connectivity index is 1.99. The van der Waals surface area contributed by atoms with Crippen molar-refractivity contribution in [1.29, 1.82) is 0 Å². The molecular weight excluding hydrogens is 282 g/mol. The van der Waals surface area contributed by atoms with Gasteiger partial charge in [0.2, 0.25) is 0 Å².